The molecule has 0 unspecified atom stereocenters. The van der Waals surface area contributed by atoms with Crippen molar-refractivity contribution in [2.75, 3.05) is 0 Å². The van der Waals surface area contributed by atoms with E-state index in [1.165, 1.54) is 24.3 Å². The Morgan fingerprint density at radius 2 is 1.24 bits per heavy atom. The second-order valence-corrected chi connectivity index (χ2v) is 6.19. The molecule has 0 heterocycles. The first kappa shape index (κ1) is 24.8. The zero-order valence-corrected chi connectivity index (χ0v) is 19.4. The SMILES string of the molecule is O=S(=O)([O-])c1ccc2ccccc2c1S(=O)(=O)[O-].[Na+].[Na+].[Na+]. The normalized spacial score (nSPS) is 11.0. The van der Waals surface area contributed by atoms with E-state index in [9.17, 15) is 25.9 Å². The van der Waals surface area contributed by atoms with Gasteiger partial charge < -0.3 is 9.11 Å². The molecule has 0 aliphatic carbocycles. The van der Waals surface area contributed by atoms with E-state index in [-0.39, 0.29) is 94.1 Å². The van der Waals surface area contributed by atoms with E-state index in [1.54, 1.807) is 6.07 Å². The summed E-state index contributed by atoms with van der Waals surface area (Å²) in [6.45, 7) is 0. The van der Waals surface area contributed by atoms with Gasteiger partial charge in [0.2, 0.25) is 0 Å². The average molecular weight is 355 g/mol. The smallest absolute Gasteiger partial charge is 0.744 e. The van der Waals surface area contributed by atoms with E-state index in [2.05, 4.69) is 0 Å². The van der Waals surface area contributed by atoms with Crippen molar-refractivity contribution in [3.05, 3.63) is 36.4 Å². The zero-order chi connectivity index (χ0) is 13.6. The van der Waals surface area contributed by atoms with Crippen LogP contribution in [0.4, 0.5) is 0 Å². The van der Waals surface area contributed by atoms with E-state index < -0.39 is 30.0 Å². The Labute approximate surface area is 189 Å². The van der Waals surface area contributed by atoms with Crippen LogP contribution in [0.1, 0.15) is 0 Å². The van der Waals surface area contributed by atoms with Gasteiger partial charge in [0.25, 0.3) is 0 Å². The first-order valence-corrected chi connectivity index (χ1v) is 7.46. The van der Waals surface area contributed by atoms with Gasteiger partial charge >= 0.3 is 88.7 Å². The first-order chi connectivity index (χ1) is 8.21. The second kappa shape index (κ2) is 9.12. The van der Waals surface area contributed by atoms with Crippen molar-refractivity contribution in [3.63, 3.8) is 0 Å². The van der Waals surface area contributed by atoms with Gasteiger partial charge in [-0.2, -0.15) is 0 Å². The molecule has 0 radical (unpaired) electrons. The van der Waals surface area contributed by atoms with Crippen LogP contribution in [0.3, 0.4) is 0 Å². The average Bonchev–Trinajstić information content (AvgIpc) is 2.24. The minimum atomic E-state index is -5.07. The molecule has 0 atom stereocenters. The Kier molecular flexibility index (Phi) is 10.8. The molecule has 96 valence electrons. The molecule has 0 fully saturated rings. The summed E-state index contributed by atoms with van der Waals surface area (Å²) < 4.78 is 66.4. The van der Waals surface area contributed by atoms with Crippen LogP contribution in [0.25, 0.3) is 10.8 Å². The molecular formula is C10H6Na3O6S2+. The predicted molar refractivity (Wildman–Crippen MR) is 59.9 cm³/mol. The third-order valence-electron chi connectivity index (χ3n) is 2.36. The number of rotatable bonds is 2. The minimum absolute atomic E-state index is 0. The summed E-state index contributed by atoms with van der Waals surface area (Å²) in [4.78, 5) is -2.01. The van der Waals surface area contributed by atoms with Crippen LogP contribution in [0.5, 0.6) is 0 Å². The van der Waals surface area contributed by atoms with E-state index in [0.29, 0.717) is 5.39 Å². The molecule has 0 aliphatic heterocycles. The number of benzene rings is 2. The van der Waals surface area contributed by atoms with Crippen LogP contribution in [0.15, 0.2) is 46.2 Å². The number of hydrogen-bond donors (Lipinski definition) is 0. The van der Waals surface area contributed by atoms with Gasteiger partial charge in [0.15, 0.2) is 0 Å². The van der Waals surface area contributed by atoms with Gasteiger partial charge in [-0.3, -0.25) is 0 Å². The predicted octanol–water partition coefficient (Wildman–Crippen LogP) is -8.34. The summed E-state index contributed by atoms with van der Waals surface area (Å²) in [6.07, 6.45) is 0. The van der Waals surface area contributed by atoms with Crippen LogP contribution in [0, 0.1) is 0 Å². The van der Waals surface area contributed by atoms with Gasteiger partial charge in [-0.1, -0.05) is 30.3 Å². The Bertz CT molecular complexity index is 833. The fraction of sp³-hybridized carbons (Fsp3) is 0. The maximum atomic E-state index is 11.2. The van der Waals surface area contributed by atoms with Crippen molar-refractivity contribution in [2.24, 2.45) is 0 Å². The maximum absolute atomic E-state index is 11.2. The Morgan fingerprint density at radius 3 is 1.71 bits per heavy atom. The summed E-state index contributed by atoms with van der Waals surface area (Å²) in [5, 5.41) is 0.281. The van der Waals surface area contributed by atoms with Crippen LogP contribution < -0.4 is 88.7 Å². The Hall–Kier alpha value is 1.52. The summed E-state index contributed by atoms with van der Waals surface area (Å²) >= 11 is 0. The Morgan fingerprint density at radius 1 is 0.714 bits per heavy atom. The van der Waals surface area contributed by atoms with Gasteiger partial charge in [-0.15, -0.1) is 0 Å². The molecule has 0 saturated carbocycles. The van der Waals surface area contributed by atoms with Gasteiger partial charge in [-0.25, -0.2) is 16.8 Å². The fourth-order valence-electron chi connectivity index (χ4n) is 1.68. The van der Waals surface area contributed by atoms with Crippen molar-refractivity contribution < 1.29 is 115 Å². The number of hydrogen-bond acceptors (Lipinski definition) is 6. The van der Waals surface area contributed by atoms with Crippen molar-refractivity contribution in [3.8, 4) is 0 Å². The summed E-state index contributed by atoms with van der Waals surface area (Å²) in [5.74, 6) is 0. The summed E-state index contributed by atoms with van der Waals surface area (Å²) in [5.41, 5.74) is 0. The fourth-order valence-corrected chi connectivity index (χ4v) is 3.63. The molecule has 0 saturated heterocycles. The third-order valence-corrected chi connectivity index (χ3v) is 4.31. The molecule has 11 heteroatoms. The summed E-state index contributed by atoms with van der Waals surface area (Å²) in [6, 6.07) is 7.91. The van der Waals surface area contributed by atoms with Crippen LogP contribution >= 0.6 is 0 Å². The molecule has 21 heavy (non-hydrogen) atoms. The monoisotopic (exact) mass is 355 g/mol. The molecule has 2 rings (SSSR count). The minimum Gasteiger partial charge on any atom is -0.744 e. The van der Waals surface area contributed by atoms with Crippen molar-refractivity contribution in [1.82, 2.24) is 0 Å². The van der Waals surface area contributed by atoms with Crippen molar-refractivity contribution in [2.45, 2.75) is 9.79 Å². The zero-order valence-electron chi connectivity index (χ0n) is 11.7. The van der Waals surface area contributed by atoms with E-state index >= 15 is 0 Å². The van der Waals surface area contributed by atoms with Crippen LogP contribution in [-0.2, 0) is 20.2 Å². The largest absolute Gasteiger partial charge is 1.00 e. The Balaban J connectivity index is 0. The van der Waals surface area contributed by atoms with Gasteiger partial charge in [0, 0.05) is 5.39 Å². The molecule has 0 bridgehead atoms. The molecule has 0 spiro atoms. The topological polar surface area (TPSA) is 114 Å². The molecule has 0 amide bonds. The number of fused-ring (bicyclic) bond motifs is 1. The van der Waals surface area contributed by atoms with Crippen molar-refractivity contribution in [1.29, 1.82) is 0 Å². The molecule has 6 nitrogen and oxygen atoms in total. The van der Waals surface area contributed by atoms with Gasteiger partial charge in [0.05, 0.1) is 9.79 Å². The molecular weight excluding hydrogens is 349 g/mol. The molecule has 0 aliphatic rings. The second-order valence-electron chi connectivity index (χ2n) is 3.52. The van der Waals surface area contributed by atoms with Gasteiger partial charge in [0.1, 0.15) is 20.2 Å². The molecule has 2 aromatic carbocycles. The quantitative estimate of drug-likeness (QED) is 0.390. The van der Waals surface area contributed by atoms with Gasteiger partial charge in [-0.05, 0) is 11.5 Å². The van der Waals surface area contributed by atoms with Crippen molar-refractivity contribution >= 4 is 31.0 Å². The molecule has 0 aromatic heterocycles. The van der Waals surface area contributed by atoms with E-state index in [0.717, 1.165) is 6.07 Å². The maximum Gasteiger partial charge on any atom is 1.00 e. The van der Waals surface area contributed by atoms with E-state index in [4.69, 9.17) is 0 Å². The van der Waals surface area contributed by atoms with Crippen LogP contribution in [-0.4, -0.2) is 25.9 Å². The van der Waals surface area contributed by atoms with E-state index in [1.807, 2.05) is 0 Å². The standard InChI is InChI=1S/C10H8O6S2.3Na/c11-17(12,13)9-6-5-7-3-1-2-4-8(7)10(9)18(14,15)16;;;/h1-6H,(H,11,12,13)(H,14,15,16);;;/q;3*+1/p-2. The molecule has 0 N–H and O–H groups in total. The third kappa shape index (κ3) is 5.82. The van der Waals surface area contributed by atoms with Crippen LogP contribution in [0.2, 0.25) is 0 Å². The first-order valence-electron chi connectivity index (χ1n) is 4.65. The summed E-state index contributed by atoms with van der Waals surface area (Å²) in [7, 11) is -10.1. The molecule has 2 aromatic rings.